The van der Waals surface area contributed by atoms with Gasteiger partial charge in [0, 0.05) is 24.3 Å². The Hall–Kier alpha value is -3.32. The van der Waals surface area contributed by atoms with Crippen LogP contribution in [0.2, 0.25) is 0 Å². The Bertz CT molecular complexity index is 1250. The summed E-state index contributed by atoms with van der Waals surface area (Å²) in [5, 5.41) is 2.30. The standard InChI is InChI=1S/C27H28N2O4S/c1-17-6-4-9-24(18(17)2)29(19(3)30)27-28-23(16-34-27)15-33-26(32)13-12-25(31)22-11-10-20-7-5-8-21(20)14-22/h4,6,9-11,14,16H,5,7-8,12-13,15H2,1-3H3. The van der Waals surface area contributed by atoms with Crippen LogP contribution in [0.1, 0.15) is 64.5 Å². The van der Waals surface area contributed by atoms with E-state index in [4.69, 9.17) is 4.74 Å². The first kappa shape index (κ1) is 23.8. The maximum Gasteiger partial charge on any atom is 0.306 e. The lowest BCUT2D eigenvalue weighted by atomic mass is 10.0. The zero-order chi connectivity index (χ0) is 24.2. The van der Waals surface area contributed by atoms with Crippen molar-refractivity contribution in [1.82, 2.24) is 4.98 Å². The number of ether oxygens (including phenoxy) is 1. The SMILES string of the molecule is CC(=O)N(c1nc(COC(=O)CCC(=O)c2ccc3c(c2)CCC3)cs1)c1cccc(C)c1C. The third-order valence-corrected chi connectivity index (χ3v) is 7.10. The second-order valence-electron chi connectivity index (χ2n) is 8.62. The van der Waals surface area contributed by atoms with Crippen LogP contribution in [0.15, 0.2) is 41.8 Å². The van der Waals surface area contributed by atoms with Gasteiger partial charge in [-0.3, -0.25) is 19.3 Å². The van der Waals surface area contributed by atoms with Gasteiger partial charge in [-0.2, -0.15) is 0 Å². The summed E-state index contributed by atoms with van der Waals surface area (Å²) < 4.78 is 5.34. The van der Waals surface area contributed by atoms with E-state index in [0.717, 1.165) is 36.1 Å². The second-order valence-corrected chi connectivity index (χ2v) is 9.45. The number of ketones is 1. The van der Waals surface area contributed by atoms with E-state index in [9.17, 15) is 14.4 Å². The summed E-state index contributed by atoms with van der Waals surface area (Å²) in [6, 6.07) is 11.6. The van der Waals surface area contributed by atoms with Crippen molar-refractivity contribution in [2.24, 2.45) is 0 Å². The number of carbonyl (C=O) groups excluding carboxylic acids is 3. The molecule has 176 valence electrons. The van der Waals surface area contributed by atoms with Gasteiger partial charge in [-0.1, -0.05) is 24.3 Å². The highest BCUT2D eigenvalue weighted by Crippen LogP contribution is 2.32. The zero-order valence-corrected chi connectivity index (χ0v) is 20.5. The Morgan fingerprint density at radius 1 is 1.06 bits per heavy atom. The molecule has 0 N–H and O–H groups in total. The molecule has 0 saturated carbocycles. The van der Waals surface area contributed by atoms with Gasteiger partial charge in [-0.25, -0.2) is 4.98 Å². The van der Waals surface area contributed by atoms with E-state index >= 15 is 0 Å². The minimum absolute atomic E-state index is 0.000906. The number of aryl methyl sites for hydroxylation is 3. The molecule has 0 aliphatic heterocycles. The van der Waals surface area contributed by atoms with E-state index < -0.39 is 5.97 Å². The Kier molecular flexibility index (Phi) is 7.22. The van der Waals surface area contributed by atoms with Gasteiger partial charge in [-0.05, 0) is 67.5 Å². The maximum atomic E-state index is 12.5. The largest absolute Gasteiger partial charge is 0.459 e. The molecule has 2 aromatic carbocycles. The van der Waals surface area contributed by atoms with Crippen LogP contribution >= 0.6 is 11.3 Å². The monoisotopic (exact) mass is 476 g/mol. The van der Waals surface area contributed by atoms with Crippen molar-refractivity contribution >= 4 is 39.8 Å². The molecule has 0 atom stereocenters. The van der Waals surface area contributed by atoms with Crippen LogP contribution in [0, 0.1) is 13.8 Å². The highest BCUT2D eigenvalue weighted by Gasteiger charge is 2.21. The van der Waals surface area contributed by atoms with Crippen LogP contribution in [0.3, 0.4) is 0 Å². The first-order chi connectivity index (χ1) is 16.3. The number of amides is 1. The summed E-state index contributed by atoms with van der Waals surface area (Å²) in [6.45, 7) is 5.47. The van der Waals surface area contributed by atoms with Gasteiger partial charge in [-0.15, -0.1) is 11.3 Å². The third-order valence-electron chi connectivity index (χ3n) is 6.22. The molecule has 7 heteroatoms. The van der Waals surface area contributed by atoms with E-state index in [2.05, 4.69) is 4.98 Å². The first-order valence-electron chi connectivity index (χ1n) is 11.5. The van der Waals surface area contributed by atoms with Gasteiger partial charge in [0.2, 0.25) is 5.91 Å². The number of anilines is 2. The molecule has 6 nitrogen and oxygen atoms in total. The molecule has 1 aliphatic carbocycles. The first-order valence-corrected chi connectivity index (χ1v) is 12.3. The fourth-order valence-corrected chi connectivity index (χ4v) is 5.05. The van der Waals surface area contributed by atoms with E-state index in [1.54, 1.807) is 10.3 Å². The quantitative estimate of drug-likeness (QED) is 0.311. The molecule has 3 aromatic rings. The third kappa shape index (κ3) is 5.25. The van der Waals surface area contributed by atoms with Gasteiger partial charge in [0.05, 0.1) is 17.8 Å². The topological polar surface area (TPSA) is 76.6 Å². The number of hydrogen-bond donors (Lipinski definition) is 0. The second kappa shape index (κ2) is 10.3. The lowest BCUT2D eigenvalue weighted by molar-refractivity contribution is -0.145. The summed E-state index contributed by atoms with van der Waals surface area (Å²) in [5.74, 6) is -0.633. The molecule has 4 rings (SSSR count). The summed E-state index contributed by atoms with van der Waals surface area (Å²) in [5.41, 5.74) is 6.67. The molecular formula is C27H28N2O4S. The molecule has 1 aliphatic rings. The van der Waals surface area contributed by atoms with Crippen LogP contribution in [-0.4, -0.2) is 22.6 Å². The van der Waals surface area contributed by atoms with E-state index in [1.807, 2.05) is 50.2 Å². The van der Waals surface area contributed by atoms with E-state index in [-0.39, 0.29) is 31.1 Å². The highest BCUT2D eigenvalue weighted by molar-refractivity contribution is 7.14. The Labute approximate surface area is 203 Å². The predicted octanol–water partition coefficient (Wildman–Crippen LogP) is 5.64. The van der Waals surface area contributed by atoms with Gasteiger partial charge < -0.3 is 4.74 Å². The maximum absolute atomic E-state index is 12.5. The fraction of sp³-hybridized carbons (Fsp3) is 0.333. The molecule has 1 aromatic heterocycles. The summed E-state index contributed by atoms with van der Waals surface area (Å²) in [6.07, 6.45) is 3.36. The number of benzene rings is 2. The molecule has 0 saturated heterocycles. The number of esters is 1. The number of aromatic nitrogens is 1. The molecule has 1 amide bonds. The fourth-order valence-electron chi connectivity index (χ4n) is 4.18. The van der Waals surface area contributed by atoms with Crippen molar-refractivity contribution in [2.45, 2.75) is 59.5 Å². The molecule has 1 heterocycles. The van der Waals surface area contributed by atoms with E-state index in [1.165, 1.54) is 29.4 Å². The Morgan fingerprint density at radius 3 is 2.65 bits per heavy atom. The van der Waals surface area contributed by atoms with Gasteiger partial charge in [0.25, 0.3) is 0 Å². The number of thiazole rings is 1. The van der Waals surface area contributed by atoms with Gasteiger partial charge in [0.15, 0.2) is 10.9 Å². The summed E-state index contributed by atoms with van der Waals surface area (Å²) in [4.78, 5) is 43.2. The Balaban J connectivity index is 1.33. The highest BCUT2D eigenvalue weighted by atomic mass is 32.1. The minimum Gasteiger partial charge on any atom is -0.459 e. The smallest absolute Gasteiger partial charge is 0.306 e. The number of rotatable bonds is 8. The Morgan fingerprint density at radius 2 is 1.85 bits per heavy atom. The number of Topliss-reactive ketones (excluding diaryl/α,β-unsaturated/α-hetero) is 1. The molecule has 0 bridgehead atoms. The molecule has 0 radical (unpaired) electrons. The normalized spacial score (nSPS) is 12.3. The average molecular weight is 477 g/mol. The van der Waals surface area contributed by atoms with Crippen molar-refractivity contribution in [3.63, 3.8) is 0 Å². The average Bonchev–Trinajstić information content (AvgIpc) is 3.48. The number of carbonyl (C=O) groups is 3. The molecule has 0 spiro atoms. The lowest BCUT2D eigenvalue weighted by Gasteiger charge is -2.21. The molecule has 34 heavy (non-hydrogen) atoms. The molecule has 0 fully saturated rings. The van der Waals surface area contributed by atoms with Crippen LogP contribution in [0.5, 0.6) is 0 Å². The van der Waals surface area contributed by atoms with Crippen LogP contribution in [-0.2, 0) is 33.8 Å². The number of hydrogen-bond acceptors (Lipinski definition) is 6. The predicted molar refractivity (Wildman–Crippen MR) is 133 cm³/mol. The van der Waals surface area contributed by atoms with Crippen molar-refractivity contribution in [3.8, 4) is 0 Å². The van der Waals surface area contributed by atoms with Crippen molar-refractivity contribution in [1.29, 1.82) is 0 Å². The zero-order valence-electron chi connectivity index (χ0n) is 19.7. The lowest BCUT2D eigenvalue weighted by Crippen LogP contribution is -2.23. The van der Waals surface area contributed by atoms with Crippen LogP contribution < -0.4 is 4.90 Å². The van der Waals surface area contributed by atoms with Crippen molar-refractivity contribution < 1.29 is 19.1 Å². The minimum atomic E-state index is -0.443. The number of nitrogens with zero attached hydrogens (tertiary/aromatic N) is 2. The van der Waals surface area contributed by atoms with Crippen molar-refractivity contribution in [3.05, 3.63) is 75.3 Å². The molecular weight excluding hydrogens is 448 g/mol. The van der Waals surface area contributed by atoms with Crippen molar-refractivity contribution in [2.75, 3.05) is 4.90 Å². The van der Waals surface area contributed by atoms with Crippen LogP contribution in [0.25, 0.3) is 0 Å². The van der Waals surface area contributed by atoms with Gasteiger partial charge >= 0.3 is 5.97 Å². The summed E-state index contributed by atoms with van der Waals surface area (Å²) >= 11 is 1.32. The molecule has 0 unspecified atom stereocenters. The van der Waals surface area contributed by atoms with Gasteiger partial charge in [0.1, 0.15) is 6.61 Å². The van der Waals surface area contributed by atoms with Crippen LogP contribution in [0.4, 0.5) is 10.8 Å². The number of fused-ring (bicyclic) bond motifs is 1. The summed E-state index contributed by atoms with van der Waals surface area (Å²) in [7, 11) is 0. The van der Waals surface area contributed by atoms with E-state index in [0.29, 0.717) is 16.4 Å².